The van der Waals surface area contributed by atoms with Crippen molar-refractivity contribution in [1.82, 2.24) is 4.98 Å². The number of nitrogens with one attached hydrogen (secondary N) is 1. The van der Waals surface area contributed by atoms with Crippen LogP contribution < -0.4 is 10.2 Å². The van der Waals surface area contributed by atoms with Crippen molar-refractivity contribution in [2.75, 3.05) is 12.0 Å². The van der Waals surface area contributed by atoms with Crippen LogP contribution in [0.25, 0.3) is 0 Å². The molecular weight excluding hydrogens is 378 g/mol. The van der Waals surface area contributed by atoms with Crippen LogP contribution in [0.15, 0.2) is 28.7 Å². The van der Waals surface area contributed by atoms with Gasteiger partial charge in [-0.15, -0.1) is 24.5 Å². The summed E-state index contributed by atoms with van der Waals surface area (Å²) in [5, 5.41) is 5.66. The van der Waals surface area contributed by atoms with Gasteiger partial charge in [0, 0.05) is 10.9 Å². The Hall–Kier alpha value is -2.69. The first-order chi connectivity index (χ1) is 12.3. The molecule has 1 heterocycles. The van der Waals surface area contributed by atoms with E-state index in [1.165, 1.54) is 0 Å². The van der Waals surface area contributed by atoms with Gasteiger partial charge >= 0.3 is 12.3 Å². The van der Waals surface area contributed by atoms with Gasteiger partial charge in [0.15, 0.2) is 0 Å². The minimum atomic E-state index is -4.87. The number of anilines is 1. The zero-order valence-corrected chi connectivity index (χ0v) is 14.2. The van der Waals surface area contributed by atoms with Crippen molar-refractivity contribution >= 4 is 28.7 Å². The molecule has 1 N–H and O–H groups in total. The SMILES string of the molecule is CCOC(=O)Cc1csc(NN=Cc2cc(OC(F)(F)F)ccc2F)n1. The Kier molecular flexibility index (Phi) is 6.50. The minimum Gasteiger partial charge on any atom is -0.466 e. The zero-order valence-electron chi connectivity index (χ0n) is 13.3. The van der Waals surface area contributed by atoms with Crippen LogP contribution >= 0.6 is 11.3 Å². The number of rotatable bonds is 7. The monoisotopic (exact) mass is 391 g/mol. The van der Waals surface area contributed by atoms with E-state index in [-0.39, 0.29) is 18.6 Å². The van der Waals surface area contributed by atoms with Crippen LogP contribution in [0.3, 0.4) is 0 Å². The molecule has 0 fully saturated rings. The van der Waals surface area contributed by atoms with Crippen molar-refractivity contribution in [3.63, 3.8) is 0 Å². The number of benzene rings is 1. The lowest BCUT2D eigenvalue weighted by atomic mass is 10.2. The van der Waals surface area contributed by atoms with E-state index >= 15 is 0 Å². The maximum Gasteiger partial charge on any atom is 0.573 e. The zero-order chi connectivity index (χ0) is 19.2. The molecule has 0 aliphatic carbocycles. The second-order valence-electron chi connectivity index (χ2n) is 4.73. The fraction of sp³-hybridized carbons (Fsp3) is 0.267. The van der Waals surface area contributed by atoms with Gasteiger partial charge in [-0.3, -0.25) is 10.2 Å². The number of nitrogens with zero attached hydrogens (tertiary/aromatic N) is 2. The third kappa shape index (κ3) is 6.31. The average Bonchev–Trinajstić information content (AvgIpc) is 2.96. The van der Waals surface area contributed by atoms with Crippen molar-refractivity contribution in [2.45, 2.75) is 19.7 Å². The third-order valence-electron chi connectivity index (χ3n) is 2.75. The average molecular weight is 391 g/mol. The first-order valence-electron chi connectivity index (χ1n) is 7.21. The van der Waals surface area contributed by atoms with Gasteiger partial charge in [-0.25, -0.2) is 9.37 Å². The van der Waals surface area contributed by atoms with E-state index in [1.807, 2.05) is 0 Å². The molecule has 2 aromatic rings. The summed E-state index contributed by atoms with van der Waals surface area (Å²) in [6.07, 6.45) is -3.88. The molecule has 0 bridgehead atoms. The molecule has 0 saturated heterocycles. The molecule has 0 aliphatic rings. The Balaban J connectivity index is 1.99. The predicted molar refractivity (Wildman–Crippen MR) is 86.8 cm³/mol. The molecule has 0 amide bonds. The number of carbonyl (C=O) groups excluding carboxylic acids is 1. The van der Waals surface area contributed by atoms with E-state index < -0.39 is 23.9 Å². The molecule has 0 spiro atoms. The highest BCUT2D eigenvalue weighted by Crippen LogP contribution is 2.24. The van der Waals surface area contributed by atoms with Crippen LogP contribution in [0.1, 0.15) is 18.2 Å². The molecule has 26 heavy (non-hydrogen) atoms. The summed E-state index contributed by atoms with van der Waals surface area (Å²) in [4.78, 5) is 15.4. The Morgan fingerprint density at radius 2 is 2.19 bits per heavy atom. The van der Waals surface area contributed by atoms with E-state index in [0.29, 0.717) is 10.8 Å². The smallest absolute Gasteiger partial charge is 0.466 e. The second-order valence-corrected chi connectivity index (χ2v) is 5.59. The van der Waals surface area contributed by atoms with Crippen molar-refractivity contribution in [3.8, 4) is 5.75 Å². The molecule has 140 valence electrons. The van der Waals surface area contributed by atoms with Gasteiger partial charge in [-0.05, 0) is 25.1 Å². The maximum atomic E-state index is 13.6. The van der Waals surface area contributed by atoms with Crippen molar-refractivity contribution < 1.29 is 31.8 Å². The molecular formula is C15H13F4N3O3S. The summed E-state index contributed by atoms with van der Waals surface area (Å²) in [6.45, 7) is 1.95. The molecule has 2 rings (SSSR count). The molecule has 6 nitrogen and oxygen atoms in total. The van der Waals surface area contributed by atoms with Gasteiger partial charge in [0.25, 0.3) is 0 Å². The first kappa shape index (κ1) is 19.6. The summed E-state index contributed by atoms with van der Waals surface area (Å²) in [5.74, 6) is -1.75. The molecule has 0 unspecified atom stereocenters. The number of alkyl halides is 3. The topological polar surface area (TPSA) is 72.8 Å². The molecule has 0 atom stereocenters. The van der Waals surface area contributed by atoms with Gasteiger partial charge in [0.2, 0.25) is 5.13 Å². The lowest BCUT2D eigenvalue weighted by Crippen LogP contribution is -2.17. The Labute approximate surface area is 149 Å². The number of ether oxygens (including phenoxy) is 2. The fourth-order valence-electron chi connectivity index (χ4n) is 1.77. The highest BCUT2D eigenvalue weighted by molar-refractivity contribution is 7.13. The number of esters is 1. The summed E-state index contributed by atoms with van der Waals surface area (Å²) in [6, 6.07) is 2.56. The lowest BCUT2D eigenvalue weighted by molar-refractivity contribution is -0.274. The number of aromatic nitrogens is 1. The number of thiazole rings is 1. The molecule has 11 heteroatoms. The van der Waals surface area contributed by atoms with E-state index in [4.69, 9.17) is 4.74 Å². The largest absolute Gasteiger partial charge is 0.573 e. The first-order valence-corrected chi connectivity index (χ1v) is 8.09. The quantitative estimate of drug-likeness (QED) is 0.337. The Morgan fingerprint density at radius 3 is 2.88 bits per heavy atom. The number of carbonyl (C=O) groups is 1. The normalized spacial score (nSPS) is 11.6. The molecule has 0 saturated carbocycles. The Bertz CT molecular complexity index is 793. The van der Waals surface area contributed by atoms with Gasteiger partial charge in [0.1, 0.15) is 11.6 Å². The molecule has 1 aromatic heterocycles. The lowest BCUT2D eigenvalue weighted by Gasteiger charge is -2.09. The van der Waals surface area contributed by atoms with Crippen LogP contribution in [-0.2, 0) is 16.0 Å². The molecule has 0 radical (unpaired) electrons. The summed E-state index contributed by atoms with van der Waals surface area (Å²) in [7, 11) is 0. The molecule has 0 aliphatic heterocycles. The van der Waals surface area contributed by atoms with Crippen LogP contribution in [0, 0.1) is 5.82 Å². The van der Waals surface area contributed by atoms with Gasteiger partial charge < -0.3 is 9.47 Å². The summed E-state index contributed by atoms with van der Waals surface area (Å²) < 4.78 is 58.7. The van der Waals surface area contributed by atoms with Gasteiger partial charge in [-0.1, -0.05) is 0 Å². The number of halogens is 4. The van der Waals surface area contributed by atoms with Crippen LogP contribution in [-0.4, -0.2) is 30.1 Å². The van der Waals surface area contributed by atoms with E-state index in [2.05, 4.69) is 20.2 Å². The van der Waals surface area contributed by atoms with Crippen LogP contribution in [0.4, 0.5) is 22.7 Å². The number of hydrogen-bond donors (Lipinski definition) is 1. The van der Waals surface area contributed by atoms with Gasteiger partial charge in [0.05, 0.1) is 24.9 Å². The number of hydrogen-bond acceptors (Lipinski definition) is 7. The summed E-state index contributed by atoms with van der Waals surface area (Å²) >= 11 is 1.15. The number of hydrazone groups is 1. The van der Waals surface area contributed by atoms with Crippen LogP contribution in [0.5, 0.6) is 5.75 Å². The minimum absolute atomic E-state index is 0.00118. The van der Waals surface area contributed by atoms with Crippen LogP contribution in [0.2, 0.25) is 0 Å². The van der Waals surface area contributed by atoms with E-state index in [9.17, 15) is 22.4 Å². The highest BCUT2D eigenvalue weighted by atomic mass is 32.1. The van der Waals surface area contributed by atoms with E-state index in [1.54, 1.807) is 12.3 Å². The molecule has 1 aromatic carbocycles. The summed E-state index contributed by atoms with van der Waals surface area (Å²) in [5.41, 5.74) is 2.77. The van der Waals surface area contributed by atoms with Crippen molar-refractivity contribution in [1.29, 1.82) is 0 Å². The van der Waals surface area contributed by atoms with E-state index in [0.717, 1.165) is 35.8 Å². The highest BCUT2D eigenvalue weighted by Gasteiger charge is 2.31. The van der Waals surface area contributed by atoms with Gasteiger partial charge in [-0.2, -0.15) is 5.10 Å². The third-order valence-corrected chi connectivity index (χ3v) is 3.54. The van der Waals surface area contributed by atoms with Crippen molar-refractivity contribution in [2.24, 2.45) is 5.10 Å². The standard InChI is InChI=1S/C15H13F4N3O3S/c1-2-24-13(23)6-10-8-26-14(21-10)22-20-7-9-5-11(3-4-12(9)16)25-15(17,18)19/h3-5,7-8H,2,6H2,1H3,(H,21,22). The van der Waals surface area contributed by atoms with Crippen molar-refractivity contribution in [3.05, 3.63) is 40.7 Å². The fourth-order valence-corrected chi connectivity index (χ4v) is 2.43. The Morgan fingerprint density at radius 1 is 1.42 bits per heavy atom. The second kappa shape index (κ2) is 8.61. The maximum absolute atomic E-state index is 13.6. The predicted octanol–water partition coefficient (Wildman–Crippen LogP) is 3.73.